The van der Waals surface area contributed by atoms with Crippen LogP contribution in [0.3, 0.4) is 0 Å². The monoisotopic (exact) mass is 298 g/mol. The van der Waals surface area contributed by atoms with Crippen LogP contribution in [0, 0.1) is 11.8 Å². The van der Waals surface area contributed by atoms with E-state index in [1.54, 1.807) is 4.90 Å². The van der Waals surface area contributed by atoms with Crippen molar-refractivity contribution in [2.75, 3.05) is 26.7 Å². The minimum atomic E-state index is -0.444. The third-order valence-electron chi connectivity index (χ3n) is 3.58. The molecule has 0 aromatic rings. The standard InChI is InChI=1S/C15H26N2O4/c1-10(2)7-16-8-12(6-13(16)18)15(20)17(11(3)4)9-14(19)21-5/h10-12H,6-9H2,1-5H3. The predicted molar refractivity (Wildman–Crippen MR) is 78.4 cm³/mol. The quantitative estimate of drug-likeness (QED) is 0.683. The SMILES string of the molecule is COC(=O)CN(C(=O)C1CC(=O)N(CC(C)C)C1)C(C)C. The van der Waals surface area contributed by atoms with Gasteiger partial charge in [-0.2, -0.15) is 0 Å². The van der Waals surface area contributed by atoms with Gasteiger partial charge in [0.25, 0.3) is 0 Å². The second-order valence-electron chi connectivity index (χ2n) is 6.23. The molecule has 1 saturated heterocycles. The normalized spacial score (nSPS) is 18.5. The number of nitrogens with zero attached hydrogens (tertiary/aromatic N) is 2. The smallest absolute Gasteiger partial charge is 0.325 e. The number of carbonyl (C=O) groups excluding carboxylic acids is 3. The van der Waals surface area contributed by atoms with E-state index in [0.29, 0.717) is 19.0 Å². The van der Waals surface area contributed by atoms with Gasteiger partial charge in [-0.05, 0) is 19.8 Å². The highest BCUT2D eigenvalue weighted by Crippen LogP contribution is 2.22. The van der Waals surface area contributed by atoms with E-state index in [9.17, 15) is 14.4 Å². The first-order valence-corrected chi connectivity index (χ1v) is 7.41. The molecule has 1 rings (SSSR count). The van der Waals surface area contributed by atoms with Crippen LogP contribution in [0.25, 0.3) is 0 Å². The molecule has 2 amide bonds. The summed E-state index contributed by atoms with van der Waals surface area (Å²) in [7, 11) is 1.30. The Bertz CT molecular complexity index is 406. The molecule has 6 heteroatoms. The number of carbonyl (C=O) groups is 3. The fourth-order valence-electron chi connectivity index (χ4n) is 2.51. The lowest BCUT2D eigenvalue weighted by Crippen LogP contribution is -2.45. The largest absolute Gasteiger partial charge is 0.468 e. The van der Waals surface area contributed by atoms with Crippen LogP contribution in [-0.2, 0) is 19.1 Å². The van der Waals surface area contributed by atoms with Crippen LogP contribution >= 0.6 is 0 Å². The zero-order valence-corrected chi connectivity index (χ0v) is 13.6. The fraction of sp³-hybridized carbons (Fsp3) is 0.800. The van der Waals surface area contributed by atoms with Gasteiger partial charge in [-0.25, -0.2) is 0 Å². The van der Waals surface area contributed by atoms with Gasteiger partial charge in [0.15, 0.2) is 0 Å². The summed E-state index contributed by atoms with van der Waals surface area (Å²) in [5.41, 5.74) is 0. The van der Waals surface area contributed by atoms with Crippen LogP contribution in [0.4, 0.5) is 0 Å². The third kappa shape index (κ3) is 4.72. The molecule has 1 atom stereocenters. The molecule has 0 aromatic heterocycles. The number of likely N-dealkylation sites (tertiary alicyclic amines) is 1. The van der Waals surface area contributed by atoms with Crippen LogP contribution in [0.5, 0.6) is 0 Å². The summed E-state index contributed by atoms with van der Waals surface area (Å²) in [6, 6.07) is -0.106. The Kier molecular flexibility index (Phi) is 6.18. The Hall–Kier alpha value is -1.59. The topological polar surface area (TPSA) is 66.9 Å². The molecule has 0 aliphatic carbocycles. The van der Waals surface area contributed by atoms with E-state index in [1.807, 2.05) is 27.7 Å². The molecule has 1 aliphatic heterocycles. The Morgan fingerprint density at radius 3 is 2.43 bits per heavy atom. The van der Waals surface area contributed by atoms with Crippen molar-refractivity contribution >= 4 is 17.8 Å². The van der Waals surface area contributed by atoms with Gasteiger partial charge >= 0.3 is 5.97 Å². The van der Waals surface area contributed by atoms with E-state index in [2.05, 4.69) is 4.74 Å². The summed E-state index contributed by atoms with van der Waals surface area (Å²) in [5.74, 6) is -0.554. The van der Waals surface area contributed by atoms with Crippen molar-refractivity contribution in [2.45, 2.75) is 40.2 Å². The maximum Gasteiger partial charge on any atom is 0.325 e. The van der Waals surface area contributed by atoms with E-state index < -0.39 is 5.97 Å². The molecule has 1 aliphatic rings. The van der Waals surface area contributed by atoms with Gasteiger partial charge in [0, 0.05) is 25.6 Å². The maximum absolute atomic E-state index is 12.6. The summed E-state index contributed by atoms with van der Waals surface area (Å²) in [6.45, 7) is 8.83. The number of hydrogen-bond acceptors (Lipinski definition) is 4. The number of esters is 1. The zero-order chi connectivity index (χ0) is 16.2. The van der Waals surface area contributed by atoms with Crippen molar-refractivity contribution in [1.82, 2.24) is 9.80 Å². The van der Waals surface area contributed by atoms with Gasteiger partial charge in [0.2, 0.25) is 11.8 Å². The predicted octanol–water partition coefficient (Wildman–Crippen LogP) is 0.901. The van der Waals surface area contributed by atoms with Crippen molar-refractivity contribution in [3.8, 4) is 0 Å². The van der Waals surface area contributed by atoms with Crippen LogP contribution in [0.15, 0.2) is 0 Å². The third-order valence-corrected chi connectivity index (χ3v) is 3.58. The Labute approximate surface area is 126 Å². The Balaban J connectivity index is 2.72. The van der Waals surface area contributed by atoms with Crippen LogP contribution in [-0.4, -0.2) is 60.4 Å². The van der Waals surface area contributed by atoms with E-state index in [1.165, 1.54) is 12.0 Å². The first-order valence-electron chi connectivity index (χ1n) is 7.41. The van der Waals surface area contributed by atoms with E-state index in [0.717, 1.165) is 0 Å². The van der Waals surface area contributed by atoms with Crippen molar-refractivity contribution in [3.05, 3.63) is 0 Å². The van der Waals surface area contributed by atoms with Gasteiger partial charge in [-0.1, -0.05) is 13.8 Å². The van der Waals surface area contributed by atoms with Crippen molar-refractivity contribution in [1.29, 1.82) is 0 Å². The summed E-state index contributed by atoms with van der Waals surface area (Å²) >= 11 is 0. The van der Waals surface area contributed by atoms with Crippen LogP contribution in [0.2, 0.25) is 0 Å². The number of rotatable bonds is 6. The second kappa shape index (κ2) is 7.43. The average Bonchev–Trinajstić information content (AvgIpc) is 2.75. The van der Waals surface area contributed by atoms with Gasteiger partial charge in [-0.3, -0.25) is 14.4 Å². The van der Waals surface area contributed by atoms with Gasteiger partial charge in [-0.15, -0.1) is 0 Å². The summed E-state index contributed by atoms with van der Waals surface area (Å²) < 4.78 is 4.63. The lowest BCUT2D eigenvalue weighted by molar-refractivity contribution is -0.149. The van der Waals surface area contributed by atoms with Crippen molar-refractivity contribution in [3.63, 3.8) is 0 Å². The summed E-state index contributed by atoms with van der Waals surface area (Å²) in [6.07, 6.45) is 0.232. The molecule has 1 unspecified atom stereocenters. The van der Waals surface area contributed by atoms with Gasteiger partial charge in [0.1, 0.15) is 6.54 Å². The number of hydrogen-bond donors (Lipinski definition) is 0. The van der Waals surface area contributed by atoms with E-state index >= 15 is 0 Å². The molecular formula is C15H26N2O4. The Morgan fingerprint density at radius 2 is 1.95 bits per heavy atom. The second-order valence-corrected chi connectivity index (χ2v) is 6.23. The molecule has 0 radical (unpaired) electrons. The van der Waals surface area contributed by atoms with Gasteiger partial charge < -0.3 is 14.5 Å². The lowest BCUT2D eigenvalue weighted by Gasteiger charge is -2.28. The molecular weight excluding hydrogens is 272 g/mol. The minimum absolute atomic E-state index is 0.0174. The first-order chi connectivity index (χ1) is 9.76. The van der Waals surface area contributed by atoms with Crippen LogP contribution in [0.1, 0.15) is 34.1 Å². The number of amides is 2. The molecule has 1 fully saturated rings. The number of methoxy groups -OCH3 is 1. The lowest BCUT2D eigenvalue weighted by atomic mass is 10.1. The summed E-state index contributed by atoms with van der Waals surface area (Å²) in [5, 5.41) is 0. The molecule has 120 valence electrons. The van der Waals surface area contributed by atoms with E-state index in [-0.39, 0.29) is 36.7 Å². The van der Waals surface area contributed by atoms with Gasteiger partial charge in [0.05, 0.1) is 13.0 Å². The molecule has 1 heterocycles. The molecule has 6 nitrogen and oxygen atoms in total. The molecule has 0 bridgehead atoms. The van der Waals surface area contributed by atoms with E-state index in [4.69, 9.17) is 0 Å². The Morgan fingerprint density at radius 1 is 1.33 bits per heavy atom. The molecule has 0 aromatic carbocycles. The molecule has 0 spiro atoms. The first kappa shape index (κ1) is 17.5. The molecule has 0 saturated carbocycles. The highest BCUT2D eigenvalue weighted by molar-refractivity contribution is 5.91. The highest BCUT2D eigenvalue weighted by atomic mass is 16.5. The van der Waals surface area contributed by atoms with Crippen molar-refractivity contribution in [2.24, 2.45) is 11.8 Å². The minimum Gasteiger partial charge on any atom is -0.468 e. The fourth-order valence-corrected chi connectivity index (χ4v) is 2.51. The summed E-state index contributed by atoms with van der Waals surface area (Å²) in [4.78, 5) is 39.2. The average molecular weight is 298 g/mol. The number of ether oxygens (including phenoxy) is 1. The zero-order valence-electron chi connectivity index (χ0n) is 13.6. The molecule has 0 N–H and O–H groups in total. The molecule has 21 heavy (non-hydrogen) atoms. The highest BCUT2D eigenvalue weighted by Gasteiger charge is 2.37. The maximum atomic E-state index is 12.6. The van der Waals surface area contributed by atoms with Crippen molar-refractivity contribution < 1.29 is 19.1 Å². The van der Waals surface area contributed by atoms with Crippen LogP contribution < -0.4 is 0 Å².